The number of aryl methyl sites for hydroxylation is 1. The Balaban J connectivity index is 1.20. The second kappa shape index (κ2) is 12.0. The Bertz CT molecular complexity index is 1140. The van der Waals surface area contributed by atoms with Crippen LogP contribution in [0.2, 0.25) is 0 Å². The monoisotopic (exact) mass is 473 g/mol. The molecule has 35 heavy (non-hydrogen) atoms. The molecular weight excluding hydrogens is 442 g/mol. The van der Waals surface area contributed by atoms with Gasteiger partial charge in [0.1, 0.15) is 6.61 Å². The first kappa shape index (κ1) is 24.2. The molecule has 3 aromatic rings. The number of pyridine rings is 1. The summed E-state index contributed by atoms with van der Waals surface area (Å²) in [6.45, 7) is 5.32. The number of hydrogen-bond acceptors (Lipinski definition) is 5. The molecule has 8 nitrogen and oxygen atoms in total. The lowest BCUT2D eigenvalue weighted by Crippen LogP contribution is -2.34. The Hall–Kier alpha value is -3.91. The van der Waals surface area contributed by atoms with Gasteiger partial charge in [0.05, 0.1) is 11.9 Å². The van der Waals surface area contributed by atoms with Crippen LogP contribution in [0, 0.1) is 6.92 Å². The highest BCUT2D eigenvalue weighted by atomic mass is 16.5. The number of rotatable bonds is 8. The van der Waals surface area contributed by atoms with Crippen molar-refractivity contribution in [1.29, 1.82) is 0 Å². The van der Waals surface area contributed by atoms with Crippen molar-refractivity contribution >= 4 is 23.5 Å². The maximum atomic E-state index is 12.5. The highest BCUT2D eigenvalue weighted by Gasteiger charge is 2.19. The standard InChI is InChI=1S/C27H31N5O3/c1-20-11-12-23(17-29-20)30-26(33)31-25-10-5-9-22-18-32(16-13-24(22)25)15-6-14-28-27(34)35-19-21-7-3-2-4-8-21/h2-5,7-12,17H,6,13-16,18-19H2,1H3,(H,28,34)(H2,30,31,33). The molecule has 1 aromatic heterocycles. The lowest BCUT2D eigenvalue weighted by Gasteiger charge is -2.30. The highest BCUT2D eigenvalue weighted by Crippen LogP contribution is 2.26. The predicted molar refractivity (Wildman–Crippen MR) is 136 cm³/mol. The highest BCUT2D eigenvalue weighted by molar-refractivity contribution is 6.00. The van der Waals surface area contributed by atoms with Gasteiger partial charge in [0.15, 0.2) is 0 Å². The Labute approximate surface area is 205 Å². The normalized spacial score (nSPS) is 12.9. The van der Waals surface area contributed by atoms with Crippen LogP contribution >= 0.6 is 0 Å². The Morgan fingerprint density at radius 3 is 2.69 bits per heavy atom. The molecule has 0 aliphatic carbocycles. The molecule has 0 saturated heterocycles. The van der Waals surface area contributed by atoms with Gasteiger partial charge < -0.3 is 20.7 Å². The minimum Gasteiger partial charge on any atom is -0.445 e. The van der Waals surface area contributed by atoms with Crippen molar-refractivity contribution < 1.29 is 14.3 Å². The average molecular weight is 474 g/mol. The number of carbonyl (C=O) groups is 2. The first-order valence-electron chi connectivity index (χ1n) is 11.8. The molecule has 1 aliphatic heterocycles. The number of benzene rings is 2. The van der Waals surface area contributed by atoms with E-state index in [9.17, 15) is 9.59 Å². The fourth-order valence-electron chi connectivity index (χ4n) is 4.07. The van der Waals surface area contributed by atoms with Crippen molar-refractivity contribution in [3.63, 3.8) is 0 Å². The van der Waals surface area contributed by atoms with Gasteiger partial charge in [0.25, 0.3) is 0 Å². The number of aromatic nitrogens is 1. The summed E-state index contributed by atoms with van der Waals surface area (Å²) >= 11 is 0. The zero-order valence-electron chi connectivity index (χ0n) is 19.9. The summed E-state index contributed by atoms with van der Waals surface area (Å²) in [6, 6.07) is 19.0. The van der Waals surface area contributed by atoms with Crippen LogP contribution in [0.4, 0.5) is 21.0 Å². The predicted octanol–water partition coefficient (Wildman–Crippen LogP) is 4.71. The number of urea groups is 1. The van der Waals surface area contributed by atoms with Gasteiger partial charge in [-0.25, -0.2) is 9.59 Å². The van der Waals surface area contributed by atoms with Crippen molar-refractivity contribution in [2.45, 2.75) is 32.9 Å². The third kappa shape index (κ3) is 7.28. The van der Waals surface area contributed by atoms with Crippen molar-refractivity contribution in [2.75, 3.05) is 30.3 Å². The van der Waals surface area contributed by atoms with Gasteiger partial charge >= 0.3 is 12.1 Å². The quantitative estimate of drug-likeness (QED) is 0.412. The van der Waals surface area contributed by atoms with Gasteiger partial charge in [-0.15, -0.1) is 0 Å². The lowest BCUT2D eigenvalue weighted by atomic mass is 9.97. The fourth-order valence-corrected chi connectivity index (χ4v) is 4.07. The molecule has 0 saturated carbocycles. The van der Waals surface area contributed by atoms with Gasteiger partial charge in [-0.05, 0) is 54.7 Å². The van der Waals surface area contributed by atoms with E-state index in [1.54, 1.807) is 6.20 Å². The van der Waals surface area contributed by atoms with E-state index in [0.717, 1.165) is 49.4 Å². The first-order chi connectivity index (χ1) is 17.1. The number of carbonyl (C=O) groups excluding carboxylic acids is 2. The van der Waals surface area contributed by atoms with Gasteiger partial charge in [0, 0.05) is 37.6 Å². The minimum absolute atomic E-state index is 0.270. The minimum atomic E-state index is -0.395. The third-order valence-electron chi connectivity index (χ3n) is 5.90. The van der Waals surface area contributed by atoms with Crippen molar-refractivity contribution in [1.82, 2.24) is 15.2 Å². The summed E-state index contributed by atoms with van der Waals surface area (Å²) < 4.78 is 5.25. The van der Waals surface area contributed by atoms with Crippen LogP contribution in [0.5, 0.6) is 0 Å². The van der Waals surface area contributed by atoms with Gasteiger partial charge in [0.2, 0.25) is 0 Å². The third-order valence-corrected chi connectivity index (χ3v) is 5.90. The summed E-state index contributed by atoms with van der Waals surface area (Å²) in [5, 5.41) is 8.62. The fraction of sp³-hybridized carbons (Fsp3) is 0.296. The zero-order valence-corrected chi connectivity index (χ0v) is 19.9. The molecular formula is C27H31N5O3. The number of fused-ring (bicyclic) bond motifs is 1. The molecule has 182 valence electrons. The molecule has 0 fully saturated rings. The van der Waals surface area contributed by atoms with Crippen LogP contribution in [-0.4, -0.2) is 41.6 Å². The van der Waals surface area contributed by atoms with Crippen LogP contribution in [0.15, 0.2) is 66.9 Å². The summed E-state index contributed by atoms with van der Waals surface area (Å²) in [7, 11) is 0. The molecule has 3 N–H and O–H groups in total. The second-order valence-electron chi connectivity index (χ2n) is 8.58. The molecule has 2 heterocycles. The van der Waals surface area contributed by atoms with Crippen molar-refractivity contribution in [2.24, 2.45) is 0 Å². The van der Waals surface area contributed by atoms with Crippen molar-refractivity contribution in [3.05, 3.63) is 89.2 Å². The SMILES string of the molecule is Cc1ccc(NC(=O)Nc2cccc3c2CCN(CCCNC(=O)OCc2ccccc2)C3)cn1. The molecule has 0 atom stereocenters. The smallest absolute Gasteiger partial charge is 0.407 e. The molecule has 2 aromatic carbocycles. The molecule has 0 unspecified atom stereocenters. The number of nitrogens with one attached hydrogen (secondary N) is 3. The number of anilines is 2. The van der Waals surface area contributed by atoms with E-state index in [0.29, 0.717) is 12.2 Å². The van der Waals surface area contributed by atoms with Gasteiger partial charge in [-0.1, -0.05) is 42.5 Å². The number of hydrogen-bond donors (Lipinski definition) is 3. The van der Waals surface area contributed by atoms with Gasteiger partial charge in [-0.3, -0.25) is 9.88 Å². The molecule has 0 radical (unpaired) electrons. The van der Waals surface area contributed by atoms with E-state index < -0.39 is 6.09 Å². The largest absolute Gasteiger partial charge is 0.445 e. The lowest BCUT2D eigenvalue weighted by molar-refractivity contribution is 0.139. The molecule has 0 bridgehead atoms. The molecule has 4 rings (SSSR count). The Kier molecular flexibility index (Phi) is 8.30. The Morgan fingerprint density at radius 2 is 1.89 bits per heavy atom. The van der Waals surface area contributed by atoms with E-state index in [4.69, 9.17) is 4.74 Å². The number of ether oxygens (including phenoxy) is 1. The van der Waals surface area contributed by atoms with Crippen LogP contribution in [0.25, 0.3) is 0 Å². The van der Waals surface area contributed by atoms with Crippen LogP contribution in [-0.2, 0) is 24.3 Å². The van der Waals surface area contributed by atoms with E-state index in [1.807, 2.05) is 61.5 Å². The van der Waals surface area contributed by atoms with E-state index in [2.05, 4.69) is 31.9 Å². The molecule has 0 spiro atoms. The summed E-state index contributed by atoms with van der Waals surface area (Å²) in [5.41, 5.74) is 5.73. The topological polar surface area (TPSA) is 95.6 Å². The average Bonchev–Trinajstić information content (AvgIpc) is 2.87. The zero-order chi connectivity index (χ0) is 24.5. The van der Waals surface area contributed by atoms with Crippen LogP contribution < -0.4 is 16.0 Å². The molecule has 1 aliphatic rings. The van der Waals surface area contributed by atoms with E-state index >= 15 is 0 Å². The summed E-state index contributed by atoms with van der Waals surface area (Å²) in [5.74, 6) is 0. The van der Waals surface area contributed by atoms with Gasteiger partial charge in [-0.2, -0.15) is 0 Å². The molecule has 3 amide bonds. The summed E-state index contributed by atoms with van der Waals surface area (Å²) in [6.07, 6.45) is 2.93. The second-order valence-corrected chi connectivity index (χ2v) is 8.58. The Morgan fingerprint density at radius 1 is 1.03 bits per heavy atom. The van der Waals surface area contributed by atoms with Crippen LogP contribution in [0.3, 0.4) is 0 Å². The number of amides is 3. The van der Waals surface area contributed by atoms with E-state index in [1.165, 1.54) is 11.1 Å². The maximum absolute atomic E-state index is 12.5. The number of alkyl carbamates (subject to hydrolysis) is 1. The number of nitrogens with zero attached hydrogens (tertiary/aromatic N) is 2. The van der Waals surface area contributed by atoms with Crippen LogP contribution in [0.1, 0.15) is 28.8 Å². The first-order valence-corrected chi connectivity index (χ1v) is 11.8. The van der Waals surface area contributed by atoms with E-state index in [-0.39, 0.29) is 12.6 Å². The summed E-state index contributed by atoms with van der Waals surface area (Å²) in [4.78, 5) is 30.9. The van der Waals surface area contributed by atoms with Crippen molar-refractivity contribution in [3.8, 4) is 0 Å². The maximum Gasteiger partial charge on any atom is 0.407 e. The molecule has 8 heteroatoms.